The van der Waals surface area contributed by atoms with Crippen LogP contribution in [0, 0.1) is 6.92 Å². The van der Waals surface area contributed by atoms with Crippen molar-refractivity contribution >= 4 is 17.2 Å². The molecule has 0 saturated heterocycles. The molecule has 3 rings (SSSR count). The summed E-state index contributed by atoms with van der Waals surface area (Å²) in [6, 6.07) is 8.16. The topological polar surface area (TPSA) is 72.7 Å². The molecule has 1 aromatic carbocycles. The average molecular weight is 363 g/mol. The van der Waals surface area contributed by atoms with Crippen LogP contribution in [0.25, 0.3) is 5.65 Å². The summed E-state index contributed by atoms with van der Waals surface area (Å²) >= 11 is 0. The van der Waals surface area contributed by atoms with Crippen molar-refractivity contribution < 1.29 is 22.7 Å². The molecule has 0 fully saturated rings. The lowest BCUT2D eigenvalue weighted by Gasteiger charge is -2.11. The van der Waals surface area contributed by atoms with E-state index >= 15 is 0 Å². The fourth-order valence-electron chi connectivity index (χ4n) is 2.31. The van der Waals surface area contributed by atoms with Gasteiger partial charge in [-0.25, -0.2) is 4.98 Å². The van der Waals surface area contributed by atoms with Crippen LogP contribution in [0.5, 0.6) is 5.75 Å². The number of anilines is 1. The van der Waals surface area contributed by atoms with Gasteiger partial charge in [-0.15, -0.1) is 13.2 Å². The summed E-state index contributed by atoms with van der Waals surface area (Å²) in [6.45, 7) is 1.78. The lowest BCUT2D eigenvalue weighted by molar-refractivity contribution is -0.274. The number of hydrogen-bond donors (Lipinski definition) is 1. The average Bonchev–Trinajstić information content (AvgIpc) is 2.54. The van der Waals surface area contributed by atoms with Gasteiger partial charge in [0, 0.05) is 24.1 Å². The number of amides is 1. The molecule has 6 nitrogen and oxygen atoms in total. The fourth-order valence-corrected chi connectivity index (χ4v) is 2.31. The summed E-state index contributed by atoms with van der Waals surface area (Å²) in [7, 11) is 0. The lowest BCUT2D eigenvalue weighted by Crippen LogP contribution is -2.26. The number of ether oxygens (including phenoxy) is 1. The van der Waals surface area contributed by atoms with E-state index in [-0.39, 0.29) is 11.3 Å². The Labute approximate surface area is 144 Å². The maximum absolute atomic E-state index is 12.5. The second kappa shape index (κ2) is 6.51. The first-order valence-electron chi connectivity index (χ1n) is 7.38. The van der Waals surface area contributed by atoms with Gasteiger partial charge >= 0.3 is 6.36 Å². The van der Waals surface area contributed by atoms with Crippen molar-refractivity contribution in [1.82, 2.24) is 9.38 Å². The number of nitrogens with zero attached hydrogens (tertiary/aromatic N) is 2. The molecule has 26 heavy (non-hydrogen) atoms. The highest BCUT2D eigenvalue weighted by Crippen LogP contribution is 2.25. The maximum atomic E-state index is 12.5. The molecule has 2 heterocycles. The second-order valence-electron chi connectivity index (χ2n) is 5.44. The van der Waals surface area contributed by atoms with E-state index in [2.05, 4.69) is 15.0 Å². The summed E-state index contributed by atoms with van der Waals surface area (Å²) in [5.41, 5.74) is 0.397. The van der Waals surface area contributed by atoms with Crippen LogP contribution in [0.3, 0.4) is 0 Å². The first kappa shape index (κ1) is 17.5. The smallest absolute Gasteiger partial charge is 0.406 e. The lowest BCUT2D eigenvalue weighted by atomic mass is 10.2. The number of fused-ring (bicyclic) bond motifs is 1. The number of aromatic nitrogens is 2. The molecule has 2 aromatic heterocycles. The molecule has 0 atom stereocenters. The first-order chi connectivity index (χ1) is 12.2. The third-order valence-electron chi connectivity index (χ3n) is 3.42. The van der Waals surface area contributed by atoms with Gasteiger partial charge in [0.05, 0.1) is 0 Å². The SMILES string of the molecule is Cc1ccc2ncc(C(=O)Nc3cccc(OC(F)(F)F)c3)c(=O)n2c1. The van der Waals surface area contributed by atoms with Gasteiger partial charge in [-0.3, -0.25) is 14.0 Å². The number of aryl methyl sites for hydroxylation is 1. The van der Waals surface area contributed by atoms with E-state index in [1.807, 2.05) is 0 Å². The number of halogens is 3. The molecule has 0 aliphatic carbocycles. The fraction of sp³-hybridized carbons (Fsp3) is 0.118. The molecule has 0 saturated carbocycles. The highest BCUT2D eigenvalue weighted by atomic mass is 19.4. The first-order valence-corrected chi connectivity index (χ1v) is 7.38. The van der Waals surface area contributed by atoms with Crippen LogP contribution in [-0.4, -0.2) is 21.7 Å². The summed E-state index contributed by atoms with van der Waals surface area (Å²) in [4.78, 5) is 28.8. The Kier molecular flexibility index (Phi) is 4.37. The van der Waals surface area contributed by atoms with Crippen molar-refractivity contribution in [2.24, 2.45) is 0 Å². The van der Waals surface area contributed by atoms with Crippen molar-refractivity contribution in [1.29, 1.82) is 0 Å². The van der Waals surface area contributed by atoms with Gasteiger partial charge in [0.2, 0.25) is 0 Å². The third-order valence-corrected chi connectivity index (χ3v) is 3.42. The third kappa shape index (κ3) is 3.82. The molecule has 9 heteroatoms. The van der Waals surface area contributed by atoms with Crippen molar-refractivity contribution in [3.8, 4) is 5.75 Å². The number of alkyl halides is 3. The van der Waals surface area contributed by atoms with Crippen LogP contribution < -0.4 is 15.6 Å². The van der Waals surface area contributed by atoms with Gasteiger partial charge in [-0.05, 0) is 30.7 Å². The van der Waals surface area contributed by atoms with Crippen molar-refractivity contribution in [2.75, 3.05) is 5.32 Å². The Morgan fingerprint density at radius 3 is 2.73 bits per heavy atom. The Bertz CT molecular complexity index is 1040. The number of rotatable bonds is 3. The van der Waals surface area contributed by atoms with Crippen LogP contribution >= 0.6 is 0 Å². The Morgan fingerprint density at radius 2 is 2.00 bits per heavy atom. The molecular weight excluding hydrogens is 351 g/mol. The minimum Gasteiger partial charge on any atom is -0.406 e. The Hall–Kier alpha value is -3.36. The van der Waals surface area contributed by atoms with Crippen LogP contribution in [0.15, 0.2) is 53.6 Å². The zero-order valence-corrected chi connectivity index (χ0v) is 13.4. The molecule has 1 N–H and O–H groups in total. The summed E-state index contributed by atoms with van der Waals surface area (Å²) < 4.78 is 41.8. The van der Waals surface area contributed by atoms with Gasteiger partial charge in [-0.2, -0.15) is 0 Å². The standard InChI is InChI=1S/C17H12F3N3O3/c1-10-5-6-14-21-8-13(16(25)23(14)9-10)15(24)22-11-3-2-4-12(7-11)26-17(18,19)20/h2-9H,1H3,(H,22,24). The minimum absolute atomic E-state index is 0.0467. The maximum Gasteiger partial charge on any atom is 0.573 e. The molecule has 0 radical (unpaired) electrons. The molecular formula is C17H12F3N3O3. The zero-order valence-electron chi connectivity index (χ0n) is 13.4. The van der Waals surface area contributed by atoms with E-state index in [0.717, 1.165) is 23.9 Å². The number of pyridine rings is 1. The van der Waals surface area contributed by atoms with Gasteiger partial charge < -0.3 is 10.1 Å². The van der Waals surface area contributed by atoms with Crippen LogP contribution in [0.4, 0.5) is 18.9 Å². The number of carbonyl (C=O) groups excluding carboxylic acids is 1. The summed E-state index contributed by atoms with van der Waals surface area (Å²) in [6.07, 6.45) is -2.18. The largest absolute Gasteiger partial charge is 0.573 e. The second-order valence-corrected chi connectivity index (χ2v) is 5.44. The van der Waals surface area contributed by atoms with Crippen LogP contribution in [-0.2, 0) is 0 Å². The van der Waals surface area contributed by atoms with E-state index in [4.69, 9.17) is 0 Å². The molecule has 0 bridgehead atoms. The predicted molar refractivity (Wildman–Crippen MR) is 87.3 cm³/mol. The van der Waals surface area contributed by atoms with Gasteiger partial charge in [0.25, 0.3) is 11.5 Å². The van der Waals surface area contributed by atoms with E-state index in [0.29, 0.717) is 5.65 Å². The summed E-state index contributed by atoms with van der Waals surface area (Å²) in [5.74, 6) is -1.28. The van der Waals surface area contributed by atoms with E-state index in [1.165, 1.54) is 16.5 Å². The van der Waals surface area contributed by atoms with Gasteiger partial charge in [0.15, 0.2) is 0 Å². The zero-order chi connectivity index (χ0) is 18.9. The van der Waals surface area contributed by atoms with Crippen LogP contribution in [0.1, 0.15) is 15.9 Å². The quantitative estimate of drug-likeness (QED) is 0.776. The molecule has 0 unspecified atom stereocenters. The molecule has 0 aliphatic heterocycles. The minimum atomic E-state index is -4.85. The van der Waals surface area contributed by atoms with Crippen molar-refractivity contribution in [3.63, 3.8) is 0 Å². The predicted octanol–water partition coefficient (Wildman–Crippen LogP) is 3.15. The molecule has 0 spiro atoms. The van der Waals surface area contributed by atoms with Crippen molar-refractivity contribution in [3.05, 3.63) is 70.3 Å². The van der Waals surface area contributed by atoms with Crippen molar-refractivity contribution in [2.45, 2.75) is 13.3 Å². The Balaban J connectivity index is 1.89. The Morgan fingerprint density at radius 1 is 1.23 bits per heavy atom. The molecule has 3 aromatic rings. The normalized spacial score (nSPS) is 11.4. The van der Waals surface area contributed by atoms with Crippen LogP contribution in [0.2, 0.25) is 0 Å². The van der Waals surface area contributed by atoms with Gasteiger partial charge in [-0.1, -0.05) is 12.1 Å². The van der Waals surface area contributed by atoms with E-state index < -0.39 is 23.6 Å². The summed E-state index contributed by atoms with van der Waals surface area (Å²) in [5, 5.41) is 2.36. The van der Waals surface area contributed by atoms with Gasteiger partial charge in [0.1, 0.15) is 17.0 Å². The number of hydrogen-bond acceptors (Lipinski definition) is 4. The highest BCUT2D eigenvalue weighted by Gasteiger charge is 2.31. The molecule has 1 amide bonds. The highest BCUT2D eigenvalue weighted by molar-refractivity contribution is 6.04. The number of carbonyl (C=O) groups is 1. The van der Waals surface area contributed by atoms with E-state index in [1.54, 1.807) is 25.3 Å². The number of benzene rings is 1. The van der Waals surface area contributed by atoms with E-state index in [9.17, 15) is 22.8 Å². The number of nitrogens with one attached hydrogen (secondary N) is 1. The monoisotopic (exact) mass is 363 g/mol. The molecule has 134 valence electrons. The molecule has 0 aliphatic rings.